The maximum atomic E-state index is 13.1. The quantitative estimate of drug-likeness (QED) is 0.498. The van der Waals surface area contributed by atoms with E-state index in [2.05, 4.69) is 23.2 Å². The maximum absolute atomic E-state index is 13.1. The Morgan fingerprint density at radius 3 is 2.45 bits per heavy atom. The van der Waals surface area contributed by atoms with Gasteiger partial charge in [-0.3, -0.25) is 9.36 Å². The molecule has 1 aliphatic rings. The van der Waals surface area contributed by atoms with E-state index in [0.717, 1.165) is 34.1 Å². The number of halogens is 1. The second-order valence-electron chi connectivity index (χ2n) is 7.90. The zero-order chi connectivity index (χ0) is 23.6. The molecular formula is C23H25FN4O3S2. The Balaban J connectivity index is 1.36. The van der Waals surface area contributed by atoms with Gasteiger partial charge in [0, 0.05) is 38.6 Å². The van der Waals surface area contributed by atoms with E-state index in [-0.39, 0.29) is 29.6 Å². The van der Waals surface area contributed by atoms with E-state index in [1.165, 1.54) is 28.2 Å². The molecule has 2 heterocycles. The number of carbonyl (C=O) groups is 1. The van der Waals surface area contributed by atoms with Crippen molar-refractivity contribution in [1.82, 2.24) is 18.8 Å². The van der Waals surface area contributed by atoms with Crippen LogP contribution in [0.2, 0.25) is 0 Å². The fraction of sp³-hybridized carbons (Fsp3) is 0.304. The van der Waals surface area contributed by atoms with Crippen LogP contribution in [0.4, 0.5) is 4.39 Å². The van der Waals surface area contributed by atoms with Crippen molar-refractivity contribution >= 4 is 27.7 Å². The van der Waals surface area contributed by atoms with Gasteiger partial charge in [0.25, 0.3) is 0 Å². The number of imidazole rings is 1. The van der Waals surface area contributed by atoms with Crippen molar-refractivity contribution in [3.05, 3.63) is 71.8 Å². The fourth-order valence-corrected chi connectivity index (χ4v) is 6.00. The van der Waals surface area contributed by atoms with Crippen molar-refractivity contribution in [2.24, 2.45) is 0 Å². The number of sulfonamides is 1. The van der Waals surface area contributed by atoms with Crippen molar-refractivity contribution in [2.45, 2.75) is 23.9 Å². The summed E-state index contributed by atoms with van der Waals surface area (Å²) in [5.41, 5.74) is 3.29. The molecule has 0 bridgehead atoms. The Hall–Kier alpha value is -2.69. The Morgan fingerprint density at radius 2 is 1.76 bits per heavy atom. The number of rotatable bonds is 6. The molecule has 3 aromatic rings. The molecule has 174 valence electrons. The summed E-state index contributed by atoms with van der Waals surface area (Å²) in [6.07, 6.45) is 3.60. The zero-order valence-corrected chi connectivity index (χ0v) is 20.1. The highest BCUT2D eigenvalue weighted by Gasteiger charge is 2.30. The number of amides is 1. The lowest BCUT2D eigenvalue weighted by molar-refractivity contribution is -0.129. The minimum Gasteiger partial charge on any atom is -0.339 e. The van der Waals surface area contributed by atoms with E-state index in [0.29, 0.717) is 13.1 Å². The first-order valence-electron chi connectivity index (χ1n) is 10.5. The van der Waals surface area contributed by atoms with Gasteiger partial charge < -0.3 is 4.90 Å². The second kappa shape index (κ2) is 9.66. The summed E-state index contributed by atoms with van der Waals surface area (Å²) in [4.78, 5) is 18.9. The zero-order valence-electron chi connectivity index (χ0n) is 18.4. The average molecular weight is 489 g/mol. The van der Waals surface area contributed by atoms with E-state index >= 15 is 0 Å². The molecule has 1 fully saturated rings. The predicted octanol–water partition coefficient (Wildman–Crippen LogP) is 3.25. The molecule has 4 rings (SSSR count). The molecule has 7 nitrogen and oxygen atoms in total. The standard InChI is InChI=1S/C23H25FN4O3S2/c1-17-3-4-18(2)21(15-17)28-10-9-25-23(28)32-16-22(29)26-11-13-27(14-12-26)33(30,31)20-7-5-19(24)6-8-20/h3-10,15H,11-14,16H2,1-2H3. The lowest BCUT2D eigenvalue weighted by atomic mass is 10.1. The average Bonchev–Trinajstić information content (AvgIpc) is 3.28. The highest BCUT2D eigenvalue weighted by molar-refractivity contribution is 7.99. The normalized spacial score (nSPS) is 15.1. The summed E-state index contributed by atoms with van der Waals surface area (Å²) in [5, 5.41) is 0.731. The van der Waals surface area contributed by atoms with Crippen LogP contribution in [0.1, 0.15) is 11.1 Å². The molecule has 1 aliphatic heterocycles. The Kier molecular flexibility index (Phi) is 6.87. The molecule has 1 amide bonds. The van der Waals surface area contributed by atoms with Crippen molar-refractivity contribution in [2.75, 3.05) is 31.9 Å². The number of thioether (sulfide) groups is 1. The second-order valence-corrected chi connectivity index (χ2v) is 10.8. The van der Waals surface area contributed by atoms with Crippen molar-refractivity contribution < 1.29 is 17.6 Å². The highest BCUT2D eigenvalue weighted by Crippen LogP contribution is 2.24. The van der Waals surface area contributed by atoms with Crippen LogP contribution >= 0.6 is 11.8 Å². The van der Waals surface area contributed by atoms with Gasteiger partial charge in [-0.15, -0.1) is 0 Å². The highest BCUT2D eigenvalue weighted by atomic mass is 32.2. The van der Waals surface area contributed by atoms with Gasteiger partial charge in [-0.05, 0) is 55.3 Å². The van der Waals surface area contributed by atoms with Crippen LogP contribution in [0.3, 0.4) is 0 Å². The van der Waals surface area contributed by atoms with Crippen LogP contribution in [0.5, 0.6) is 0 Å². The van der Waals surface area contributed by atoms with Crippen LogP contribution in [-0.2, 0) is 14.8 Å². The summed E-state index contributed by atoms with van der Waals surface area (Å²) >= 11 is 1.36. The molecule has 2 aromatic carbocycles. The van der Waals surface area contributed by atoms with Crippen molar-refractivity contribution in [3.8, 4) is 5.69 Å². The third-order valence-corrected chi connectivity index (χ3v) is 8.46. The lowest BCUT2D eigenvalue weighted by Gasteiger charge is -2.34. The number of aromatic nitrogens is 2. The van der Waals surface area contributed by atoms with Crippen LogP contribution < -0.4 is 0 Å². The molecule has 0 unspecified atom stereocenters. The fourth-order valence-electron chi connectivity index (χ4n) is 3.71. The van der Waals surface area contributed by atoms with E-state index < -0.39 is 15.8 Å². The first-order chi connectivity index (χ1) is 15.8. The minimum atomic E-state index is -3.71. The van der Waals surface area contributed by atoms with Crippen LogP contribution in [0, 0.1) is 19.7 Å². The van der Waals surface area contributed by atoms with Crippen LogP contribution in [0.15, 0.2) is 64.9 Å². The third kappa shape index (κ3) is 5.13. The van der Waals surface area contributed by atoms with Gasteiger partial charge in [0.05, 0.1) is 16.3 Å². The molecule has 0 aliphatic carbocycles. The molecule has 1 saturated heterocycles. The number of hydrogen-bond donors (Lipinski definition) is 0. The number of hydrogen-bond acceptors (Lipinski definition) is 5. The Morgan fingerprint density at radius 1 is 1.06 bits per heavy atom. The first-order valence-corrected chi connectivity index (χ1v) is 13.0. The monoisotopic (exact) mass is 488 g/mol. The van der Waals surface area contributed by atoms with Crippen LogP contribution in [0.25, 0.3) is 5.69 Å². The van der Waals surface area contributed by atoms with Gasteiger partial charge in [0.15, 0.2) is 5.16 Å². The van der Waals surface area contributed by atoms with E-state index in [1.807, 2.05) is 24.6 Å². The predicted molar refractivity (Wildman–Crippen MR) is 126 cm³/mol. The molecule has 0 atom stereocenters. The third-order valence-electron chi connectivity index (χ3n) is 5.60. The lowest BCUT2D eigenvalue weighted by Crippen LogP contribution is -2.50. The molecule has 0 N–H and O–H groups in total. The van der Waals surface area contributed by atoms with Crippen molar-refractivity contribution in [3.63, 3.8) is 0 Å². The Bertz CT molecular complexity index is 1250. The van der Waals surface area contributed by atoms with E-state index in [4.69, 9.17) is 0 Å². The summed E-state index contributed by atoms with van der Waals surface area (Å²) in [6.45, 7) is 5.09. The molecule has 0 spiro atoms. The van der Waals surface area contributed by atoms with E-state index in [9.17, 15) is 17.6 Å². The molecule has 0 saturated carbocycles. The SMILES string of the molecule is Cc1ccc(C)c(-n2ccnc2SCC(=O)N2CCN(S(=O)(=O)c3ccc(F)cc3)CC2)c1. The molecular weight excluding hydrogens is 463 g/mol. The number of nitrogens with zero attached hydrogens (tertiary/aromatic N) is 4. The van der Waals surface area contributed by atoms with Gasteiger partial charge >= 0.3 is 0 Å². The molecule has 33 heavy (non-hydrogen) atoms. The smallest absolute Gasteiger partial charge is 0.243 e. The number of carbonyl (C=O) groups excluding carboxylic acids is 1. The number of aryl methyl sites for hydroxylation is 2. The largest absolute Gasteiger partial charge is 0.339 e. The summed E-state index contributed by atoms with van der Waals surface area (Å²) < 4.78 is 42.0. The summed E-state index contributed by atoms with van der Waals surface area (Å²) in [6, 6.07) is 11.0. The first kappa shape index (κ1) is 23.5. The van der Waals surface area contributed by atoms with E-state index in [1.54, 1.807) is 11.1 Å². The van der Waals surface area contributed by atoms with Gasteiger partial charge in [-0.1, -0.05) is 23.9 Å². The van der Waals surface area contributed by atoms with Crippen molar-refractivity contribution in [1.29, 1.82) is 0 Å². The number of piperazine rings is 1. The Labute approximate surface area is 197 Å². The molecule has 10 heteroatoms. The van der Waals surface area contributed by atoms with Crippen LogP contribution in [-0.4, -0.2) is 65.0 Å². The van der Waals surface area contributed by atoms with Gasteiger partial charge in [0.1, 0.15) is 5.82 Å². The number of benzene rings is 2. The minimum absolute atomic E-state index is 0.0533. The maximum Gasteiger partial charge on any atom is 0.243 e. The van der Waals surface area contributed by atoms with Gasteiger partial charge in [0.2, 0.25) is 15.9 Å². The molecule has 1 aromatic heterocycles. The molecule has 0 radical (unpaired) electrons. The van der Waals surface area contributed by atoms with Gasteiger partial charge in [-0.2, -0.15) is 4.31 Å². The topological polar surface area (TPSA) is 75.5 Å². The summed E-state index contributed by atoms with van der Waals surface area (Å²) in [5.74, 6) is -0.332. The summed E-state index contributed by atoms with van der Waals surface area (Å²) in [7, 11) is -3.71. The van der Waals surface area contributed by atoms with Gasteiger partial charge in [-0.25, -0.2) is 17.8 Å².